The van der Waals surface area contributed by atoms with E-state index in [1.807, 2.05) is 18.2 Å². The van der Waals surface area contributed by atoms with Gasteiger partial charge in [-0.05, 0) is 55.7 Å². The zero-order valence-electron chi connectivity index (χ0n) is 19.3. The van der Waals surface area contributed by atoms with Gasteiger partial charge >= 0.3 is 0 Å². The highest BCUT2D eigenvalue weighted by Crippen LogP contribution is 2.76. The Morgan fingerprint density at radius 1 is 1.15 bits per heavy atom. The van der Waals surface area contributed by atoms with E-state index in [1.54, 1.807) is 14.0 Å². The molecule has 5 aliphatic carbocycles. The van der Waals surface area contributed by atoms with Crippen molar-refractivity contribution >= 4 is 5.78 Å². The summed E-state index contributed by atoms with van der Waals surface area (Å²) >= 11 is 0. The number of rotatable bonds is 5. The lowest BCUT2D eigenvalue weighted by Crippen LogP contribution is -2.75. The fourth-order valence-corrected chi connectivity index (χ4v) is 8.46. The summed E-state index contributed by atoms with van der Waals surface area (Å²) in [5, 5.41) is 0. The highest BCUT2D eigenvalue weighted by atomic mass is 16.6. The highest BCUT2D eigenvalue weighted by Gasteiger charge is 2.78. The van der Waals surface area contributed by atoms with E-state index in [1.165, 1.54) is 24.0 Å². The summed E-state index contributed by atoms with van der Waals surface area (Å²) in [5.41, 5.74) is 2.99. The molecule has 8 rings (SSSR count). The molecule has 2 fully saturated rings. The molecule has 6 atom stereocenters. The number of ketones is 1. The van der Waals surface area contributed by atoms with E-state index >= 15 is 0 Å². The number of fused-ring (bicyclic) bond motifs is 1. The van der Waals surface area contributed by atoms with E-state index in [2.05, 4.69) is 36.4 Å². The summed E-state index contributed by atoms with van der Waals surface area (Å²) in [4.78, 5) is 12.9. The Balaban J connectivity index is 1.41. The molecule has 33 heavy (non-hydrogen) atoms. The van der Waals surface area contributed by atoms with Crippen LogP contribution in [0.25, 0.3) is 0 Å². The van der Waals surface area contributed by atoms with Gasteiger partial charge in [0, 0.05) is 23.5 Å². The highest BCUT2D eigenvalue weighted by molar-refractivity contribution is 5.82. The van der Waals surface area contributed by atoms with Crippen LogP contribution in [0.3, 0.4) is 0 Å². The molecule has 0 N–H and O–H groups in total. The van der Waals surface area contributed by atoms with Crippen LogP contribution in [0.4, 0.5) is 0 Å². The summed E-state index contributed by atoms with van der Waals surface area (Å²) in [6.07, 6.45) is 9.85. The Morgan fingerprint density at radius 2 is 2.00 bits per heavy atom. The van der Waals surface area contributed by atoms with E-state index in [9.17, 15) is 4.79 Å². The van der Waals surface area contributed by atoms with Crippen molar-refractivity contribution in [3.8, 4) is 11.5 Å². The molecule has 1 unspecified atom stereocenters. The molecule has 0 saturated heterocycles. The minimum absolute atomic E-state index is 0.0389. The third-order valence-electron chi connectivity index (χ3n) is 9.71. The fourth-order valence-electron chi connectivity index (χ4n) is 8.46. The van der Waals surface area contributed by atoms with Gasteiger partial charge in [0.25, 0.3) is 0 Å². The first-order chi connectivity index (χ1) is 16.1. The van der Waals surface area contributed by atoms with Gasteiger partial charge in [-0.1, -0.05) is 55.0 Å². The van der Waals surface area contributed by atoms with E-state index < -0.39 is 5.60 Å². The summed E-state index contributed by atoms with van der Waals surface area (Å²) in [7, 11) is 1.75. The van der Waals surface area contributed by atoms with Gasteiger partial charge in [0.15, 0.2) is 11.5 Å². The van der Waals surface area contributed by atoms with Gasteiger partial charge in [-0.25, -0.2) is 0 Å². The summed E-state index contributed by atoms with van der Waals surface area (Å²) in [6, 6.07) is 14.6. The van der Waals surface area contributed by atoms with Crippen LogP contribution in [0.5, 0.6) is 11.5 Å². The number of carbonyl (C=O) groups is 1. The molecule has 2 aromatic rings. The number of hydrogen-bond donors (Lipinski definition) is 0. The van der Waals surface area contributed by atoms with Crippen molar-refractivity contribution in [3.05, 3.63) is 71.3 Å². The molecule has 0 amide bonds. The SMILES string of the molecule is CO[C@]12C=C[C@@]3(C[C@H]1C(C)=O)[C@@H]1CCCC34c3c(ccc(OCc5ccccc5)c3O[C@H]42)C1. The van der Waals surface area contributed by atoms with Crippen LogP contribution in [-0.2, 0) is 28.0 Å². The second-order valence-electron chi connectivity index (χ2n) is 10.8. The Hall–Kier alpha value is -2.59. The van der Waals surface area contributed by atoms with E-state index in [0.29, 0.717) is 12.5 Å². The van der Waals surface area contributed by atoms with E-state index in [-0.39, 0.29) is 28.6 Å². The Labute approximate surface area is 194 Å². The molecule has 0 radical (unpaired) electrons. The Bertz CT molecular complexity index is 1190. The van der Waals surface area contributed by atoms with Gasteiger partial charge in [-0.2, -0.15) is 0 Å². The Morgan fingerprint density at radius 3 is 2.79 bits per heavy atom. The third kappa shape index (κ3) is 2.19. The number of benzene rings is 2. The van der Waals surface area contributed by atoms with Crippen molar-refractivity contribution in [1.82, 2.24) is 0 Å². The molecule has 4 bridgehead atoms. The van der Waals surface area contributed by atoms with Crippen molar-refractivity contribution in [2.75, 3.05) is 7.11 Å². The van der Waals surface area contributed by atoms with Crippen LogP contribution in [-0.4, -0.2) is 24.6 Å². The van der Waals surface area contributed by atoms with Crippen LogP contribution in [0.1, 0.15) is 49.3 Å². The number of ether oxygens (including phenoxy) is 3. The van der Waals surface area contributed by atoms with Crippen LogP contribution < -0.4 is 9.47 Å². The molecule has 4 heteroatoms. The van der Waals surface area contributed by atoms with Crippen LogP contribution in [0, 0.1) is 17.3 Å². The Kier molecular flexibility index (Phi) is 3.91. The smallest absolute Gasteiger partial charge is 0.166 e. The molecule has 6 aliphatic rings. The number of Topliss-reactive ketones (excluding diaryl/α,β-unsaturated/α-hetero) is 1. The van der Waals surface area contributed by atoms with Gasteiger partial charge in [0.05, 0.1) is 5.92 Å². The predicted molar refractivity (Wildman–Crippen MR) is 124 cm³/mol. The van der Waals surface area contributed by atoms with E-state index in [4.69, 9.17) is 14.2 Å². The number of methoxy groups -OCH3 is 1. The standard InChI is InChI=1S/C29H30O4/c1-18(30)22-16-27-13-14-29(22,31-2)26-28(27)12-6-9-21(27)15-20-10-11-23(25(33-26)24(20)28)32-17-19-7-4-3-5-8-19/h3-5,7-8,10-11,13-14,21-22,26H,6,9,12,15-17H2,1-2H3/t21-,22+,26-,27-,28?,29-/m1/s1. The van der Waals surface area contributed by atoms with Crippen LogP contribution >= 0.6 is 0 Å². The topological polar surface area (TPSA) is 44.8 Å². The van der Waals surface area contributed by atoms with Crippen molar-refractivity contribution < 1.29 is 19.0 Å². The molecule has 0 aromatic heterocycles. The van der Waals surface area contributed by atoms with Gasteiger partial charge in [0.1, 0.15) is 24.1 Å². The lowest BCUT2D eigenvalue weighted by atomic mass is 9.34. The van der Waals surface area contributed by atoms with E-state index in [0.717, 1.165) is 36.3 Å². The lowest BCUT2D eigenvalue weighted by Gasteiger charge is -2.69. The predicted octanol–water partition coefficient (Wildman–Crippen LogP) is 5.17. The molecule has 2 aromatic carbocycles. The van der Waals surface area contributed by atoms with Crippen LogP contribution in [0.15, 0.2) is 54.6 Å². The molecule has 2 spiro atoms. The summed E-state index contributed by atoms with van der Waals surface area (Å²) < 4.78 is 19.6. The maximum atomic E-state index is 12.9. The van der Waals surface area contributed by atoms with Crippen molar-refractivity contribution in [1.29, 1.82) is 0 Å². The first-order valence-corrected chi connectivity index (χ1v) is 12.3. The van der Waals surface area contributed by atoms with Gasteiger partial charge < -0.3 is 14.2 Å². The second-order valence-corrected chi connectivity index (χ2v) is 10.8. The third-order valence-corrected chi connectivity index (χ3v) is 9.71. The van der Waals surface area contributed by atoms with Gasteiger partial charge in [0.2, 0.25) is 0 Å². The molecule has 2 saturated carbocycles. The van der Waals surface area contributed by atoms with Gasteiger partial charge in [-0.15, -0.1) is 0 Å². The first kappa shape index (κ1) is 19.8. The average Bonchev–Trinajstić information content (AvgIpc) is 3.20. The first-order valence-electron chi connectivity index (χ1n) is 12.3. The summed E-state index contributed by atoms with van der Waals surface area (Å²) in [6.45, 7) is 2.23. The molecular formula is C29H30O4. The van der Waals surface area contributed by atoms with Crippen molar-refractivity contribution in [3.63, 3.8) is 0 Å². The molecular weight excluding hydrogens is 412 g/mol. The van der Waals surface area contributed by atoms with Gasteiger partial charge in [-0.3, -0.25) is 4.79 Å². The molecule has 1 heterocycles. The average molecular weight is 443 g/mol. The fraction of sp³-hybridized carbons (Fsp3) is 0.483. The monoisotopic (exact) mass is 442 g/mol. The van der Waals surface area contributed by atoms with Crippen molar-refractivity contribution in [2.24, 2.45) is 17.3 Å². The zero-order valence-corrected chi connectivity index (χ0v) is 19.3. The largest absolute Gasteiger partial charge is 0.485 e. The molecule has 170 valence electrons. The molecule has 1 aliphatic heterocycles. The normalized spacial score (nSPS) is 38.5. The second kappa shape index (κ2) is 6.50. The minimum atomic E-state index is -0.722. The quantitative estimate of drug-likeness (QED) is 0.599. The number of allylic oxidation sites excluding steroid dienone is 1. The zero-order chi connectivity index (χ0) is 22.4. The lowest BCUT2D eigenvalue weighted by molar-refractivity contribution is -0.207. The van der Waals surface area contributed by atoms with Crippen molar-refractivity contribution in [2.45, 2.75) is 62.8 Å². The molecule has 4 nitrogen and oxygen atoms in total. The minimum Gasteiger partial charge on any atom is -0.485 e. The maximum absolute atomic E-state index is 12.9. The number of hydrogen-bond acceptors (Lipinski definition) is 4. The number of carbonyl (C=O) groups excluding carboxylic acids is 1. The summed E-state index contributed by atoms with van der Waals surface area (Å²) in [5.74, 6) is 2.29. The maximum Gasteiger partial charge on any atom is 0.166 e. The van der Waals surface area contributed by atoms with Crippen LogP contribution in [0.2, 0.25) is 0 Å².